The second kappa shape index (κ2) is 10.9. The van der Waals surface area contributed by atoms with Crippen LogP contribution in [0.2, 0.25) is 0 Å². The SMILES string of the molecule is C=C(CF)C(=O)N/C=C(/c1cnn(C)c1COC(=O)N(C)C1CCCC1)[C@H](C)CC. The number of halogens is 1. The van der Waals surface area contributed by atoms with E-state index < -0.39 is 12.6 Å². The third-order valence-corrected chi connectivity index (χ3v) is 5.85. The zero-order chi connectivity index (χ0) is 22.3. The molecule has 1 aromatic rings. The average molecular weight is 421 g/mol. The van der Waals surface area contributed by atoms with E-state index in [0.717, 1.165) is 48.9 Å². The fraction of sp³-hybridized carbons (Fsp3) is 0.591. The Bertz CT molecular complexity index is 796. The van der Waals surface area contributed by atoms with Gasteiger partial charge in [0, 0.05) is 37.5 Å². The first kappa shape index (κ1) is 23.6. The molecule has 0 aliphatic heterocycles. The number of aryl methyl sites for hydroxylation is 1. The summed E-state index contributed by atoms with van der Waals surface area (Å²) in [7, 11) is 3.56. The molecule has 2 amide bonds. The van der Waals surface area contributed by atoms with E-state index in [4.69, 9.17) is 4.74 Å². The van der Waals surface area contributed by atoms with E-state index >= 15 is 0 Å². The maximum atomic E-state index is 12.7. The minimum Gasteiger partial charge on any atom is -0.443 e. The lowest BCUT2D eigenvalue weighted by Gasteiger charge is -2.23. The molecule has 1 saturated carbocycles. The Balaban J connectivity index is 2.18. The van der Waals surface area contributed by atoms with Gasteiger partial charge in [0.15, 0.2) is 0 Å². The highest BCUT2D eigenvalue weighted by molar-refractivity contribution is 5.94. The summed E-state index contributed by atoms with van der Waals surface area (Å²) >= 11 is 0. The van der Waals surface area contributed by atoms with Gasteiger partial charge in [-0.15, -0.1) is 0 Å². The van der Waals surface area contributed by atoms with Gasteiger partial charge in [-0.3, -0.25) is 9.48 Å². The number of hydrogen-bond acceptors (Lipinski definition) is 4. The number of aromatic nitrogens is 2. The fourth-order valence-corrected chi connectivity index (χ4v) is 3.56. The van der Waals surface area contributed by atoms with Gasteiger partial charge in [0.05, 0.1) is 11.9 Å². The van der Waals surface area contributed by atoms with Crippen molar-refractivity contribution < 1.29 is 18.7 Å². The molecule has 1 aliphatic rings. The van der Waals surface area contributed by atoms with Crippen molar-refractivity contribution >= 4 is 17.6 Å². The molecule has 7 nitrogen and oxygen atoms in total. The van der Waals surface area contributed by atoms with Gasteiger partial charge in [-0.2, -0.15) is 5.10 Å². The molecule has 0 unspecified atom stereocenters. The van der Waals surface area contributed by atoms with E-state index in [1.807, 2.05) is 13.8 Å². The second-order valence-corrected chi connectivity index (χ2v) is 7.85. The van der Waals surface area contributed by atoms with Gasteiger partial charge in [0.25, 0.3) is 5.91 Å². The molecule has 0 bridgehead atoms. The summed E-state index contributed by atoms with van der Waals surface area (Å²) in [5.74, 6) is -0.461. The van der Waals surface area contributed by atoms with Crippen molar-refractivity contribution in [3.05, 3.63) is 35.8 Å². The lowest BCUT2D eigenvalue weighted by Crippen LogP contribution is -2.35. The number of nitrogens with zero attached hydrogens (tertiary/aromatic N) is 3. The van der Waals surface area contributed by atoms with Crippen molar-refractivity contribution in [2.45, 2.75) is 58.6 Å². The van der Waals surface area contributed by atoms with Gasteiger partial charge in [-0.1, -0.05) is 33.3 Å². The largest absolute Gasteiger partial charge is 0.443 e. The van der Waals surface area contributed by atoms with E-state index in [0.29, 0.717) is 0 Å². The smallest absolute Gasteiger partial charge is 0.410 e. The lowest BCUT2D eigenvalue weighted by atomic mass is 9.93. The number of allylic oxidation sites excluding steroid dienone is 1. The first-order chi connectivity index (χ1) is 14.3. The third-order valence-electron chi connectivity index (χ3n) is 5.85. The first-order valence-corrected chi connectivity index (χ1v) is 10.5. The highest BCUT2D eigenvalue weighted by Gasteiger charge is 2.25. The lowest BCUT2D eigenvalue weighted by molar-refractivity contribution is -0.116. The summed E-state index contributed by atoms with van der Waals surface area (Å²) in [6.07, 6.45) is 8.03. The molecule has 1 aromatic heterocycles. The zero-order valence-corrected chi connectivity index (χ0v) is 18.4. The summed E-state index contributed by atoms with van der Waals surface area (Å²) < 4.78 is 19.9. The van der Waals surface area contributed by atoms with Crippen molar-refractivity contribution in [2.75, 3.05) is 13.7 Å². The number of alkyl halides is 1. The Morgan fingerprint density at radius 2 is 2.13 bits per heavy atom. The molecule has 0 spiro atoms. The van der Waals surface area contributed by atoms with Gasteiger partial charge in [-0.25, -0.2) is 9.18 Å². The van der Waals surface area contributed by atoms with E-state index in [1.165, 1.54) is 0 Å². The Hall–Kier alpha value is -2.64. The average Bonchev–Trinajstić information content (AvgIpc) is 3.41. The summed E-state index contributed by atoms with van der Waals surface area (Å²) in [6, 6.07) is 0.234. The summed E-state index contributed by atoms with van der Waals surface area (Å²) in [5, 5.41) is 6.92. The van der Waals surface area contributed by atoms with E-state index in [9.17, 15) is 14.0 Å². The summed E-state index contributed by atoms with van der Waals surface area (Å²) in [4.78, 5) is 26.1. The summed E-state index contributed by atoms with van der Waals surface area (Å²) in [6.45, 7) is 6.64. The number of ether oxygens (including phenoxy) is 1. The first-order valence-electron chi connectivity index (χ1n) is 10.5. The molecule has 2 rings (SSSR count). The standard InChI is InChI=1S/C22H33FN4O3/c1-6-15(2)18(12-24-21(28)16(3)11-23)19-13-25-27(5)20(19)14-30-22(29)26(4)17-9-7-8-10-17/h12-13,15,17H,3,6-11,14H2,1-2,4-5H3,(H,24,28)/b18-12+/t15-/m1/s1. The van der Waals surface area contributed by atoms with Gasteiger partial charge in [0.1, 0.15) is 13.3 Å². The van der Waals surface area contributed by atoms with Crippen LogP contribution in [0.5, 0.6) is 0 Å². The molecular formula is C22H33FN4O3. The van der Waals surface area contributed by atoms with Gasteiger partial charge < -0.3 is 15.0 Å². The Kier molecular flexibility index (Phi) is 8.62. The molecule has 1 atom stereocenters. The van der Waals surface area contributed by atoms with Crippen LogP contribution in [0.4, 0.5) is 9.18 Å². The molecule has 8 heteroatoms. The molecule has 1 fully saturated rings. The van der Waals surface area contributed by atoms with Crippen molar-refractivity contribution in [3.63, 3.8) is 0 Å². The van der Waals surface area contributed by atoms with Crippen LogP contribution in [0.25, 0.3) is 5.57 Å². The van der Waals surface area contributed by atoms with Crippen LogP contribution in [0.3, 0.4) is 0 Å². The van der Waals surface area contributed by atoms with Crippen LogP contribution in [0.15, 0.2) is 24.5 Å². The molecule has 0 saturated heterocycles. The molecular weight excluding hydrogens is 387 g/mol. The topological polar surface area (TPSA) is 76.5 Å². The van der Waals surface area contributed by atoms with E-state index in [-0.39, 0.29) is 30.2 Å². The number of hydrogen-bond donors (Lipinski definition) is 1. The number of nitrogens with one attached hydrogen (secondary N) is 1. The molecule has 1 heterocycles. The van der Waals surface area contributed by atoms with Crippen molar-refractivity contribution in [1.29, 1.82) is 0 Å². The predicted octanol–water partition coefficient (Wildman–Crippen LogP) is 3.96. The van der Waals surface area contributed by atoms with Crippen LogP contribution >= 0.6 is 0 Å². The summed E-state index contributed by atoms with van der Waals surface area (Å²) in [5.41, 5.74) is 2.22. The maximum absolute atomic E-state index is 12.7. The van der Waals surface area contributed by atoms with Crippen molar-refractivity contribution in [1.82, 2.24) is 20.0 Å². The van der Waals surface area contributed by atoms with Crippen molar-refractivity contribution in [2.24, 2.45) is 13.0 Å². The molecule has 1 aliphatic carbocycles. The highest BCUT2D eigenvalue weighted by Crippen LogP contribution is 2.29. The Morgan fingerprint density at radius 3 is 2.73 bits per heavy atom. The Labute approximate surface area is 177 Å². The quantitative estimate of drug-likeness (QED) is 0.614. The second-order valence-electron chi connectivity index (χ2n) is 7.85. The minimum atomic E-state index is -0.902. The normalized spacial score (nSPS) is 15.7. The third kappa shape index (κ3) is 5.70. The van der Waals surface area contributed by atoms with Gasteiger partial charge in [0.2, 0.25) is 0 Å². The van der Waals surface area contributed by atoms with Crippen LogP contribution in [0, 0.1) is 5.92 Å². The van der Waals surface area contributed by atoms with Crippen LogP contribution in [0.1, 0.15) is 57.2 Å². The molecule has 30 heavy (non-hydrogen) atoms. The van der Waals surface area contributed by atoms with Crippen LogP contribution in [-0.4, -0.2) is 46.4 Å². The predicted molar refractivity (Wildman–Crippen MR) is 114 cm³/mol. The van der Waals surface area contributed by atoms with Crippen LogP contribution < -0.4 is 5.32 Å². The zero-order valence-electron chi connectivity index (χ0n) is 18.4. The maximum Gasteiger partial charge on any atom is 0.410 e. The van der Waals surface area contributed by atoms with Gasteiger partial charge in [-0.05, 0) is 30.8 Å². The van der Waals surface area contributed by atoms with E-state index in [2.05, 4.69) is 17.0 Å². The number of carbonyl (C=O) groups is 2. The molecule has 0 radical (unpaired) electrons. The van der Waals surface area contributed by atoms with Crippen molar-refractivity contribution in [3.8, 4) is 0 Å². The molecule has 1 N–H and O–H groups in total. The fourth-order valence-electron chi connectivity index (χ4n) is 3.56. The van der Waals surface area contributed by atoms with Gasteiger partial charge >= 0.3 is 6.09 Å². The molecule has 166 valence electrons. The highest BCUT2D eigenvalue weighted by atomic mass is 19.1. The Morgan fingerprint density at radius 1 is 1.47 bits per heavy atom. The number of rotatable bonds is 9. The number of carbonyl (C=O) groups excluding carboxylic acids is 2. The van der Waals surface area contributed by atoms with E-state index in [1.54, 1.807) is 36.1 Å². The number of amides is 2. The monoisotopic (exact) mass is 420 g/mol. The molecule has 0 aromatic carbocycles. The minimum absolute atomic E-state index is 0.0701. The van der Waals surface area contributed by atoms with Crippen LogP contribution in [-0.2, 0) is 23.2 Å².